The molecule has 100 valence electrons. The lowest BCUT2D eigenvalue weighted by Crippen LogP contribution is -2.41. The van der Waals surface area contributed by atoms with Crippen molar-refractivity contribution in [2.75, 3.05) is 6.54 Å². The summed E-state index contributed by atoms with van der Waals surface area (Å²) < 4.78 is 13.7. The highest BCUT2D eigenvalue weighted by atomic mass is 79.9. The average Bonchev–Trinajstić information content (AvgIpc) is 2.26. The van der Waals surface area contributed by atoms with Crippen LogP contribution in [0.25, 0.3) is 0 Å². The van der Waals surface area contributed by atoms with Gasteiger partial charge in [0.25, 0.3) is 5.91 Å². The molecule has 1 rings (SSSR count). The molecule has 0 saturated heterocycles. The Morgan fingerprint density at radius 1 is 1.44 bits per heavy atom. The highest BCUT2D eigenvalue weighted by molar-refractivity contribution is 9.10. The van der Waals surface area contributed by atoms with Crippen LogP contribution in [0.1, 0.15) is 30.6 Å². The number of carbonyl (C=O) groups excluding carboxylic acids is 1. The number of hydrogen-bond donors (Lipinski definition) is 2. The second-order valence-corrected chi connectivity index (χ2v) is 5.61. The number of nitrogens with two attached hydrogens (primary N) is 1. The van der Waals surface area contributed by atoms with Crippen LogP contribution in [-0.2, 0) is 0 Å². The fourth-order valence-corrected chi connectivity index (χ4v) is 2.20. The monoisotopic (exact) mass is 316 g/mol. The van der Waals surface area contributed by atoms with Gasteiger partial charge in [0.1, 0.15) is 5.82 Å². The van der Waals surface area contributed by atoms with Crippen LogP contribution in [0, 0.1) is 11.7 Å². The van der Waals surface area contributed by atoms with E-state index in [9.17, 15) is 9.18 Å². The summed E-state index contributed by atoms with van der Waals surface area (Å²) in [7, 11) is 0. The first-order valence-corrected chi connectivity index (χ1v) is 6.68. The van der Waals surface area contributed by atoms with Crippen molar-refractivity contribution in [2.45, 2.75) is 26.3 Å². The van der Waals surface area contributed by atoms with Crippen molar-refractivity contribution in [3.8, 4) is 0 Å². The molecule has 0 aliphatic carbocycles. The van der Waals surface area contributed by atoms with Gasteiger partial charge >= 0.3 is 0 Å². The van der Waals surface area contributed by atoms with Crippen molar-refractivity contribution in [3.05, 3.63) is 34.1 Å². The molecule has 0 radical (unpaired) electrons. The van der Waals surface area contributed by atoms with E-state index >= 15 is 0 Å². The first kappa shape index (κ1) is 15.1. The van der Waals surface area contributed by atoms with Crippen LogP contribution in [0.2, 0.25) is 0 Å². The topological polar surface area (TPSA) is 55.1 Å². The van der Waals surface area contributed by atoms with E-state index in [0.29, 0.717) is 22.5 Å². The highest BCUT2D eigenvalue weighted by Gasteiger charge is 2.14. The summed E-state index contributed by atoms with van der Waals surface area (Å²) in [4.78, 5) is 11.9. The van der Waals surface area contributed by atoms with Gasteiger partial charge < -0.3 is 11.1 Å². The lowest BCUT2D eigenvalue weighted by molar-refractivity contribution is 0.0933. The van der Waals surface area contributed by atoms with Gasteiger partial charge in [-0.3, -0.25) is 4.79 Å². The van der Waals surface area contributed by atoms with Gasteiger partial charge in [0, 0.05) is 22.6 Å². The summed E-state index contributed by atoms with van der Waals surface area (Å²) in [6, 6.07) is 4.02. The molecule has 0 aliphatic heterocycles. The molecule has 3 nitrogen and oxygen atoms in total. The predicted molar refractivity (Wildman–Crippen MR) is 73.9 cm³/mol. The zero-order valence-corrected chi connectivity index (χ0v) is 12.1. The Morgan fingerprint density at radius 2 is 2.11 bits per heavy atom. The van der Waals surface area contributed by atoms with Gasteiger partial charge in [-0.25, -0.2) is 4.39 Å². The number of amides is 1. The van der Waals surface area contributed by atoms with Crippen LogP contribution in [-0.4, -0.2) is 18.5 Å². The Hall–Kier alpha value is -0.940. The first-order valence-electron chi connectivity index (χ1n) is 5.89. The fraction of sp³-hybridized carbons (Fsp3) is 0.462. The van der Waals surface area contributed by atoms with E-state index in [0.717, 1.165) is 6.42 Å². The largest absolute Gasteiger partial charge is 0.348 e. The third-order valence-electron chi connectivity index (χ3n) is 2.50. The van der Waals surface area contributed by atoms with E-state index in [4.69, 9.17) is 5.73 Å². The Labute approximate surface area is 115 Å². The van der Waals surface area contributed by atoms with E-state index in [1.807, 2.05) is 0 Å². The summed E-state index contributed by atoms with van der Waals surface area (Å²) in [5.74, 6) is -0.299. The molecule has 0 saturated carbocycles. The van der Waals surface area contributed by atoms with Crippen molar-refractivity contribution < 1.29 is 9.18 Å². The van der Waals surface area contributed by atoms with Crippen molar-refractivity contribution in [3.63, 3.8) is 0 Å². The van der Waals surface area contributed by atoms with Crippen LogP contribution in [0.15, 0.2) is 22.7 Å². The maximum atomic E-state index is 13.2. The average molecular weight is 317 g/mol. The lowest BCUT2D eigenvalue weighted by atomic mass is 10.0. The fourth-order valence-electron chi connectivity index (χ4n) is 1.74. The maximum Gasteiger partial charge on any atom is 0.251 e. The van der Waals surface area contributed by atoms with Gasteiger partial charge in [-0.2, -0.15) is 0 Å². The van der Waals surface area contributed by atoms with Crippen LogP contribution in [0.3, 0.4) is 0 Å². The van der Waals surface area contributed by atoms with Crippen LogP contribution >= 0.6 is 15.9 Å². The second-order valence-electron chi connectivity index (χ2n) is 4.69. The zero-order chi connectivity index (χ0) is 13.7. The Morgan fingerprint density at radius 3 is 2.61 bits per heavy atom. The molecule has 1 unspecified atom stereocenters. The van der Waals surface area contributed by atoms with Gasteiger partial charge in [0.05, 0.1) is 0 Å². The number of rotatable bonds is 5. The van der Waals surface area contributed by atoms with E-state index < -0.39 is 5.82 Å². The van der Waals surface area contributed by atoms with E-state index in [-0.39, 0.29) is 11.9 Å². The predicted octanol–water partition coefficient (Wildman–Crippen LogP) is 2.69. The summed E-state index contributed by atoms with van der Waals surface area (Å²) >= 11 is 3.16. The van der Waals surface area contributed by atoms with E-state index in [1.54, 1.807) is 6.07 Å². The Balaban J connectivity index is 2.74. The van der Waals surface area contributed by atoms with Crippen molar-refractivity contribution >= 4 is 21.8 Å². The van der Waals surface area contributed by atoms with E-state index in [2.05, 4.69) is 35.1 Å². The third kappa shape index (κ3) is 4.74. The van der Waals surface area contributed by atoms with Crippen molar-refractivity contribution in [1.82, 2.24) is 5.32 Å². The van der Waals surface area contributed by atoms with Crippen LogP contribution in [0.4, 0.5) is 4.39 Å². The normalized spacial score (nSPS) is 12.6. The number of nitrogens with one attached hydrogen (secondary N) is 1. The standard InChI is InChI=1S/C13H18BrFN2O/c1-8(2)3-12(7-16)17-13(18)9-4-10(14)6-11(15)5-9/h4-6,8,12H,3,7,16H2,1-2H3,(H,17,18). The summed E-state index contributed by atoms with van der Waals surface area (Å²) in [5, 5.41) is 2.82. The highest BCUT2D eigenvalue weighted by Crippen LogP contribution is 2.15. The first-order chi connectivity index (χ1) is 8.42. The van der Waals surface area contributed by atoms with E-state index in [1.165, 1.54) is 12.1 Å². The molecule has 1 aromatic rings. The molecule has 18 heavy (non-hydrogen) atoms. The maximum absolute atomic E-state index is 13.2. The molecule has 5 heteroatoms. The number of carbonyl (C=O) groups is 1. The van der Waals surface area contributed by atoms with Gasteiger partial charge in [-0.05, 0) is 30.5 Å². The molecular formula is C13H18BrFN2O. The Kier molecular flexibility index (Phi) is 5.75. The van der Waals surface area contributed by atoms with Gasteiger partial charge in [-0.1, -0.05) is 29.8 Å². The molecule has 1 amide bonds. The third-order valence-corrected chi connectivity index (χ3v) is 2.96. The van der Waals surface area contributed by atoms with Crippen LogP contribution in [0.5, 0.6) is 0 Å². The SMILES string of the molecule is CC(C)CC(CN)NC(=O)c1cc(F)cc(Br)c1. The van der Waals surface area contributed by atoms with Crippen LogP contribution < -0.4 is 11.1 Å². The molecular weight excluding hydrogens is 299 g/mol. The molecule has 3 N–H and O–H groups in total. The van der Waals surface area contributed by atoms with Gasteiger partial charge in [0.2, 0.25) is 0 Å². The number of hydrogen-bond acceptors (Lipinski definition) is 2. The molecule has 0 aromatic heterocycles. The lowest BCUT2D eigenvalue weighted by Gasteiger charge is -2.18. The molecule has 0 heterocycles. The minimum absolute atomic E-state index is 0.0838. The van der Waals surface area contributed by atoms with Crippen molar-refractivity contribution in [1.29, 1.82) is 0 Å². The summed E-state index contributed by atoms with van der Waals surface area (Å²) in [6.45, 7) is 4.50. The molecule has 0 bridgehead atoms. The molecule has 1 aromatic carbocycles. The molecule has 1 atom stereocenters. The smallest absolute Gasteiger partial charge is 0.251 e. The quantitative estimate of drug-likeness (QED) is 0.877. The second kappa shape index (κ2) is 6.85. The van der Waals surface area contributed by atoms with Gasteiger partial charge in [0.15, 0.2) is 0 Å². The minimum atomic E-state index is -0.442. The molecule has 0 spiro atoms. The summed E-state index contributed by atoms with van der Waals surface area (Å²) in [6.07, 6.45) is 0.804. The summed E-state index contributed by atoms with van der Waals surface area (Å²) in [5.41, 5.74) is 5.90. The molecule has 0 aliphatic rings. The zero-order valence-electron chi connectivity index (χ0n) is 10.5. The minimum Gasteiger partial charge on any atom is -0.348 e. The van der Waals surface area contributed by atoms with Gasteiger partial charge in [-0.15, -0.1) is 0 Å². The Bertz CT molecular complexity index is 403. The number of halogens is 2. The number of benzene rings is 1. The molecule has 0 fully saturated rings. The van der Waals surface area contributed by atoms with Crippen molar-refractivity contribution in [2.24, 2.45) is 11.7 Å².